The van der Waals surface area contributed by atoms with Crippen LogP contribution >= 0.6 is 0 Å². The Morgan fingerprint density at radius 1 is 1.50 bits per heavy atom. The zero-order chi connectivity index (χ0) is 8.43. The summed E-state index contributed by atoms with van der Waals surface area (Å²) in [4.78, 5) is 10.4. The average Bonchev–Trinajstić information content (AvgIpc) is 1.94. The van der Waals surface area contributed by atoms with Crippen molar-refractivity contribution in [1.82, 2.24) is 0 Å². The van der Waals surface area contributed by atoms with Crippen LogP contribution in [-0.2, 0) is 0 Å². The van der Waals surface area contributed by atoms with Gasteiger partial charge in [-0.2, -0.15) is 0 Å². The maximum atomic E-state index is 10.4. The predicted molar refractivity (Wildman–Crippen MR) is 40.9 cm³/mol. The predicted octanol–water partition coefficient (Wildman–Crippen LogP) is -1.48. The summed E-state index contributed by atoms with van der Waals surface area (Å²) in [6.45, 7) is 1.65. The van der Waals surface area contributed by atoms with E-state index in [1.165, 1.54) is 6.07 Å². The molecule has 0 unspecified atom stereocenters. The van der Waals surface area contributed by atoms with Crippen LogP contribution in [0.25, 0.3) is 0 Å². The van der Waals surface area contributed by atoms with Gasteiger partial charge < -0.3 is 11.6 Å². The number of carboxylic acid groups (broad SMARTS) is 1. The molecule has 0 aromatic heterocycles. The zero-order valence-electron chi connectivity index (χ0n) is 8.03. The normalized spacial score (nSPS) is 8.75. The summed E-state index contributed by atoms with van der Waals surface area (Å²) >= 11 is 0. The van der Waals surface area contributed by atoms with Gasteiger partial charge in [-0.3, -0.25) is 0 Å². The van der Waals surface area contributed by atoms with Crippen LogP contribution in [-0.4, -0.2) is 16.2 Å². The fourth-order valence-corrected chi connectivity index (χ4v) is 0.832. The van der Waals surface area contributed by atoms with Gasteiger partial charge in [0.25, 0.3) is 0 Å². The van der Waals surface area contributed by atoms with Gasteiger partial charge in [-0.1, -0.05) is 12.1 Å². The van der Waals surface area contributed by atoms with Crippen molar-refractivity contribution in [2.75, 3.05) is 0 Å². The summed E-state index contributed by atoms with van der Waals surface area (Å²) in [5, 5.41) is 17.7. The number of hydrogen-bond acceptors (Lipinski definition) is 2. The smallest absolute Gasteiger partial charge is 1.00 e. The second kappa shape index (κ2) is 4.50. The molecule has 3 nitrogen and oxygen atoms in total. The van der Waals surface area contributed by atoms with E-state index in [9.17, 15) is 9.90 Å². The van der Waals surface area contributed by atoms with Crippen molar-refractivity contribution >= 4 is 5.97 Å². The fourth-order valence-electron chi connectivity index (χ4n) is 0.832. The number of rotatable bonds is 1. The number of para-hydroxylation sites is 1. The Labute approximate surface area is 93.8 Å². The van der Waals surface area contributed by atoms with E-state index in [0.29, 0.717) is 5.56 Å². The zero-order valence-corrected chi connectivity index (χ0v) is 9.03. The molecule has 0 fully saturated rings. The first-order chi connectivity index (χ1) is 5.13. The third-order valence-electron chi connectivity index (χ3n) is 1.47. The molecule has 0 atom stereocenters. The van der Waals surface area contributed by atoms with E-state index in [1.54, 1.807) is 19.1 Å². The molecule has 0 aliphatic carbocycles. The van der Waals surface area contributed by atoms with Gasteiger partial charge in [0, 0.05) is 0 Å². The van der Waals surface area contributed by atoms with Crippen molar-refractivity contribution in [3.05, 3.63) is 29.3 Å². The molecule has 4 heteroatoms. The van der Waals surface area contributed by atoms with Gasteiger partial charge in [0.2, 0.25) is 0 Å². The first-order valence-electron chi connectivity index (χ1n) is 3.15. The SMILES string of the molecule is Cc1cccc(C(=O)O)c1O.[H-].[Na+]. The molecule has 0 bridgehead atoms. The second-order valence-corrected chi connectivity index (χ2v) is 2.28. The number of aryl methyl sites for hydroxylation is 1. The summed E-state index contributed by atoms with van der Waals surface area (Å²) in [5.41, 5.74) is 0.523. The molecule has 0 spiro atoms. The third kappa shape index (κ3) is 2.24. The molecule has 0 saturated heterocycles. The molecule has 1 aromatic rings. The molecule has 60 valence electrons. The van der Waals surface area contributed by atoms with E-state index in [1.807, 2.05) is 0 Å². The van der Waals surface area contributed by atoms with Crippen LogP contribution in [0.5, 0.6) is 5.75 Å². The van der Waals surface area contributed by atoms with Crippen molar-refractivity contribution in [3.8, 4) is 5.75 Å². The molecule has 1 rings (SSSR count). The summed E-state index contributed by atoms with van der Waals surface area (Å²) in [6.07, 6.45) is 0. The van der Waals surface area contributed by atoms with Gasteiger partial charge in [-0.15, -0.1) is 0 Å². The van der Waals surface area contributed by atoms with Gasteiger partial charge in [0.1, 0.15) is 11.3 Å². The molecular formula is C8H9NaO3. The van der Waals surface area contributed by atoms with Crippen LogP contribution in [0, 0.1) is 6.92 Å². The molecule has 0 saturated carbocycles. The largest absolute Gasteiger partial charge is 1.00 e. The molecule has 0 aliphatic heterocycles. The van der Waals surface area contributed by atoms with Gasteiger partial charge >= 0.3 is 35.5 Å². The minimum absolute atomic E-state index is 0. The maximum absolute atomic E-state index is 10.4. The third-order valence-corrected chi connectivity index (χ3v) is 1.47. The number of phenols is 1. The van der Waals surface area contributed by atoms with Crippen molar-refractivity contribution in [3.63, 3.8) is 0 Å². The Hall–Kier alpha value is -0.510. The average molecular weight is 176 g/mol. The molecular weight excluding hydrogens is 167 g/mol. The van der Waals surface area contributed by atoms with Crippen LogP contribution in [0.1, 0.15) is 17.3 Å². The summed E-state index contributed by atoms with van der Waals surface area (Å²) in [7, 11) is 0. The molecule has 12 heavy (non-hydrogen) atoms. The summed E-state index contributed by atoms with van der Waals surface area (Å²) < 4.78 is 0. The molecule has 1 aromatic carbocycles. The van der Waals surface area contributed by atoms with Gasteiger partial charge in [0.15, 0.2) is 0 Å². The summed E-state index contributed by atoms with van der Waals surface area (Å²) in [6, 6.07) is 4.62. The standard InChI is InChI=1S/C8H8O3.Na.H/c1-5-3-2-4-6(7(5)9)8(10)11;;/h2-4,9H,1H3,(H,10,11);;/q;+1;-1. The van der Waals surface area contributed by atoms with Crippen LogP contribution in [0.2, 0.25) is 0 Å². The molecule has 0 heterocycles. The van der Waals surface area contributed by atoms with Crippen molar-refractivity contribution in [2.24, 2.45) is 0 Å². The van der Waals surface area contributed by atoms with Gasteiger partial charge in [-0.05, 0) is 18.6 Å². The van der Waals surface area contributed by atoms with Crippen LogP contribution in [0.15, 0.2) is 18.2 Å². The quantitative estimate of drug-likeness (QED) is 0.513. The minimum Gasteiger partial charge on any atom is -1.00 e. The van der Waals surface area contributed by atoms with E-state index in [0.717, 1.165) is 0 Å². The van der Waals surface area contributed by atoms with E-state index >= 15 is 0 Å². The topological polar surface area (TPSA) is 57.5 Å². The Bertz CT molecular complexity index is 301. The van der Waals surface area contributed by atoms with E-state index < -0.39 is 5.97 Å². The number of benzene rings is 1. The van der Waals surface area contributed by atoms with Crippen molar-refractivity contribution in [2.45, 2.75) is 6.92 Å². The Morgan fingerprint density at radius 3 is 2.50 bits per heavy atom. The first-order valence-corrected chi connectivity index (χ1v) is 3.15. The van der Waals surface area contributed by atoms with Crippen LogP contribution in [0.4, 0.5) is 0 Å². The van der Waals surface area contributed by atoms with Crippen LogP contribution < -0.4 is 29.6 Å². The maximum Gasteiger partial charge on any atom is 1.00 e. The minimum atomic E-state index is -1.11. The van der Waals surface area contributed by atoms with Crippen molar-refractivity contribution < 1.29 is 46.0 Å². The molecule has 0 aliphatic rings. The van der Waals surface area contributed by atoms with Gasteiger partial charge in [-0.25, -0.2) is 4.79 Å². The Balaban J connectivity index is 0. The number of carbonyl (C=O) groups is 1. The number of aromatic carboxylic acids is 1. The van der Waals surface area contributed by atoms with E-state index in [4.69, 9.17) is 5.11 Å². The summed E-state index contributed by atoms with van der Waals surface area (Å²) in [5.74, 6) is -1.26. The van der Waals surface area contributed by atoms with Crippen molar-refractivity contribution in [1.29, 1.82) is 0 Å². The Kier molecular flexibility index (Phi) is 4.31. The molecule has 2 N–H and O–H groups in total. The fraction of sp³-hybridized carbons (Fsp3) is 0.125. The number of hydrogen-bond donors (Lipinski definition) is 2. The van der Waals surface area contributed by atoms with Crippen LogP contribution in [0.3, 0.4) is 0 Å². The Morgan fingerprint density at radius 2 is 2.08 bits per heavy atom. The monoisotopic (exact) mass is 176 g/mol. The first kappa shape index (κ1) is 11.5. The molecule has 0 radical (unpaired) electrons. The van der Waals surface area contributed by atoms with Gasteiger partial charge in [0.05, 0.1) is 0 Å². The molecule has 0 amide bonds. The second-order valence-electron chi connectivity index (χ2n) is 2.28. The van der Waals surface area contributed by atoms with E-state index in [-0.39, 0.29) is 42.3 Å². The van der Waals surface area contributed by atoms with E-state index in [2.05, 4.69) is 0 Å². The number of carboxylic acids is 1. The number of aromatic hydroxyl groups is 1.